The molecule has 2 N–H and O–H groups in total. The van der Waals surface area contributed by atoms with E-state index >= 15 is 0 Å². The number of nitrogens with zero attached hydrogens (tertiary/aromatic N) is 1. The van der Waals surface area contributed by atoms with Crippen LogP contribution in [0.15, 0.2) is 18.2 Å². The molecule has 5 heteroatoms. The number of benzene rings is 1. The number of likely N-dealkylation sites (tertiary alicyclic amines) is 1. The highest BCUT2D eigenvalue weighted by atomic mass is 35.5. The maximum absolute atomic E-state index is 10.4. The maximum atomic E-state index is 10.4. The number of hydrogen-bond acceptors (Lipinski definition) is 3. The first-order chi connectivity index (χ1) is 9.29. The summed E-state index contributed by atoms with van der Waals surface area (Å²) in [6.07, 6.45) is 1.31. The standard InChI is InChI=1S/C15H21Cl2NO2/c1-15(2,20)14-4-3-7-18(14)9-13(19)11-6-5-10(16)8-12(11)17/h5-6,8,13-14,19-20H,3-4,7,9H2,1-2H3. The van der Waals surface area contributed by atoms with E-state index in [2.05, 4.69) is 4.90 Å². The van der Waals surface area contributed by atoms with Gasteiger partial charge in [-0.3, -0.25) is 4.90 Å². The van der Waals surface area contributed by atoms with Crippen LogP contribution in [0.4, 0.5) is 0 Å². The quantitative estimate of drug-likeness (QED) is 0.895. The number of aliphatic hydroxyl groups excluding tert-OH is 1. The van der Waals surface area contributed by atoms with Gasteiger partial charge < -0.3 is 10.2 Å². The molecule has 3 nitrogen and oxygen atoms in total. The Hall–Kier alpha value is -0.320. The summed E-state index contributed by atoms with van der Waals surface area (Å²) in [7, 11) is 0. The molecule has 1 aliphatic heterocycles. The summed E-state index contributed by atoms with van der Waals surface area (Å²) in [5.41, 5.74) is -0.0857. The Morgan fingerprint density at radius 3 is 2.70 bits per heavy atom. The van der Waals surface area contributed by atoms with Gasteiger partial charge in [0.25, 0.3) is 0 Å². The maximum Gasteiger partial charge on any atom is 0.0931 e. The van der Waals surface area contributed by atoms with Crippen molar-refractivity contribution in [1.29, 1.82) is 0 Å². The first-order valence-corrected chi connectivity index (χ1v) is 7.64. The van der Waals surface area contributed by atoms with E-state index in [1.165, 1.54) is 0 Å². The predicted octanol–water partition coefficient (Wildman–Crippen LogP) is 3.26. The van der Waals surface area contributed by atoms with Crippen molar-refractivity contribution in [2.45, 2.75) is 44.4 Å². The molecule has 1 aliphatic rings. The zero-order chi connectivity index (χ0) is 14.9. The summed E-state index contributed by atoms with van der Waals surface area (Å²) in [5, 5.41) is 21.6. The second kappa shape index (κ2) is 6.20. The van der Waals surface area contributed by atoms with Gasteiger partial charge in [-0.2, -0.15) is 0 Å². The molecule has 2 rings (SSSR count). The van der Waals surface area contributed by atoms with Crippen molar-refractivity contribution in [3.05, 3.63) is 33.8 Å². The third-order valence-corrected chi connectivity index (χ3v) is 4.47. The molecule has 1 aromatic rings. The highest BCUT2D eigenvalue weighted by Gasteiger charge is 2.36. The van der Waals surface area contributed by atoms with E-state index in [-0.39, 0.29) is 6.04 Å². The Labute approximate surface area is 130 Å². The van der Waals surface area contributed by atoms with E-state index in [4.69, 9.17) is 23.2 Å². The first-order valence-electron chi connectivity index (χ1n) is 6.88. The van der Waals surface area contributed by atoms with Gasteiger partial charge in [-0.05, 0) is 45.4 Å². The number of aliphatic hydroxyl groups is 2. The van der Waals surface area contributed by atoms with Crippen LogP contribution in [0.3, 0.4) is 0 Å². The minimum absolute atomic E-state index is 0.0724. The minimum atomic E-state index is -0.764. The summed E-state index contributed by atoms with van der Waals surface area (Å²) in [6.45, 7) is 4.99. The molecule has 2 atom stereocenters. The van der Waals surface area contributed by atoms with Gasteiger partial charge in [0.1, 0.15) is 0 Å². The fourth-order valence-corrected chi connectivity index (χ4v) is 3.47. The number of hydrogen-bond donors (Lipinski definition) is 2. The van der Waals surface area contributed by atoms with Crippen LogP contribution in [0.5, 0.6) is 0 Å². The lowest BCUT2D eigenvalue weighted by molar-refractivity contribution is -0.0160. The first kappa shape index (κ1) is 16.1. The highest BCUT2D eigenvalue weighted by molar-refractivity contribution is 6.35. The van der Waals surface area contributed by atoms with Gasteiger partial charge in [-0.25, -0.2) is 0 Å². The predicted molar refractivity (Wildman–Crippen MR) is 82.3 cm³/mol. The Morgan fingerprint density at radius 2 is 2.10 bits per heavy atom. The van der Waals surface area contributed by atoms with Crippen molar-refractivity contribution in [1.82, 2.24) is 4.90 Å². The molecule has 0 bridgehead atoms. The van der Waals surface area contributed by atoms with Crippen molar-refractivity contribution < 1.29 is 10.2 Å². The lowest BCUT2D eigenvalue weighted by atomic mass is 9.96. The molecule has 0 amide bonds. The molecule has 2 unspecified atom stereocenters. The molecule has 1 aromatic carbocycles. The molecular formula is C15H21Cl2NO2. The van der Waals surface area contributed by atoms with Crippen molar-refractivity contribution in [2.24, 2.45) is 0 Å². The number of β-amino-alcohol motifs (C(OH)–C–C–N with tert-alkyl or cyclic N) is 1. The van der Waals surface area contributed by atoms with Gasteiger partial charge >= 0.3 is 0 Å². The summed E-state index contributed by atoms with van der Waals surface area (Å²) in [6, 6.07) is 5.19. The number of halogens is 2. The third-order valence-electron chi connectivity index (χ3n) is 3.91. The fraction of sp³-hybridized carbons (Fsp3) is 0.600. The summed E-state index contributed by atoms with van der Waals surface area (Å²) in [5.74, 6) is 0. The van der Waals surface area contributed by atoms with Crippen molar-refractivity contribution in [3.8, 4) is 0 Å². The van der Waals surface area contributed by atoms with E-state index < -0.39 is 11.7 Å². The molecule has 1 fully saturated rings. The lowest BCUT2D eigenvalue weighted by Crippen LogP contribution is -2.46. The Bertz CT molecular complexity index is 473. The van der Waals surface area contributed by atoms with Crippen LogP contribution < -0.4 is 0 Å². The summed E-state index contributed by atoms with van der Waals surface area (Å²) < 4.78 is 0. The smallest absolute Gasteiger partial charge is 0.0931 e. The summed E-state index contributed by atoms with van der Waals surface area (Å²) in [4.78, 5) is 2.13. The second-order valence-electron chi connectivity index (χ2n) is 5.99. The lowest BCUT2D eigenvalue weighted by Gasteiger charge is -2.35. The molecule has 0 radical (unpaired) electrons. The average molecular weight is 318 g/mol. The van der Waals surface area contributed by atoms with E-state index in [0.29, 0.717) is 22.2 Å². The molecular weight excluding hydrogens is 297 g/mol. The van der Waals surface area contributed by atoms with Crippen molar-refractivity contribution >= 4 is 23.2 Å². The Morgan fingerprint density at radius 1 is 1.40 bits per heavy atom. The molecule has 0 saturated carbocycles. The SMILES string of the molecule is CC(C)(O)C1CCCN1CC(O)c1ccc(Cl)cc1Cl. The molecule has 1 saturated heterocycles. The molecule has 20 heavy (non-hydrogen) atoms. The van der Waals surface area contributed by atoms with Crippen LogP contribution in [-0.2, 0) is 0 Å². The zero-order valence-electron chi connectivity index (χ0n) is 11.8. The topological polar surface area (TPSA) is 43.7 Å². The van der Waals surface area contributed by atoms with Gasteiger partial charge in [0, 0.05) is 28.2 Å². The molecule has 1 heterocycles. The molecule has 0 spiro atoms. The van der Waals surface area contributed by atoms with Crippen LogP contribution in [0.2, 0.25) is 10.0 Å². The minimum Gasteiger partial charge on any atom is -0.389 e. The van der Waals surface area contributed by atoms with Gasteiger partial charge in [-0.1, -0.05) is 29.3 Å². The second-order valence-corrected chi connectivity index (χ2v) is 6.83. The fourth-order valence-electron chi connectivity index (χ4n) is 2.94. The molecule has 112 valence electrons. The number of rotatable bonds is 4. The van der Waals surface area contributed by atoms with E-state index in [1.807, 2.05) is 13.8 Å². The van der Waals surface area contributed by atoms with Gasteiger partial charge in [-0.15, -0.1) is 0 Å². The monoisotopic (exact) mass is 317 g/mol. The third kappa shape index (κ3) is 3.66. The van der Waals surface area contributed by atoms with E-state index in [9.17, 15) is 10.2 Å². The zero-order valence-corrected chi connectivity index (χ0v) is 13.3. The van der Waals surface area contributed by atoms with Gasteiger partial charge in [0.15, 0.2) is 0 Å². The summed E-state index contributed by atoms with van der Waals surface area (Å²) >= 11 is 12.0. The van der Waals surface area contributed by atoms with E-state index in [1.54, 1.807) is 18.2 Å². The molecule has 0 aliphatic carbocycles. The Kier molecular flexibility index (Phi) is 4.98. The van der Waals surface area contributed by atoms with Crippen molar-refractivity contribution in [3.63, 3.8) is 0 Å². The highest BCUT2D eigenvalue weighted by Crippen LogP contribution is 2.31. The van der Waals surface area contributed by atoms with Gasteiger partial charge in [0.2, 0.25) is 0 Å². The van der Waals surface area contributed by atoms with E-state index in [0.717, 1.165) is 19.4 Å². The van der Waals surface area contributed by atoms with Gasteiger partial charge in [0.05, 0.1) is 11.7 Å². The average Bonchev–Trinajstić information content (AvgIpc) is 2.76. The van der Waals surface area contributed by atoms with Crippen LogP contribution in [0.25, 0.3) is 0 Å². The normalized spacial score (nSPS) is 22.2. The van der Waals surface area contributed by atoms with Crippen LogP contribution in [-0.4, -0.2) is 39.8 Å². The largest absolute Gasteiger partial charge is 0.389 e. The van der Waals surface area contributed by atoms with Crippen LogP contribution >= 0.6 is 23.2 Å². The van der Waals surface area contributed by atoms with Crippen LogP contribution in [0.1, 0.15) is 38.4 Å². The Balaban J connectivity index is 2.09. The van der Waals surface area contributed by atoms with Crippen molar-refractivity contribution in [2.75, 3.05) is 13.1 Å². The molecule has 0 aromatic heterocycles. The van der Waals surface area contributed by atoms with Crippen LogP contribution in [0, 0.1) is 0 Å².